The lowest BCUT2D eigenvalue weighted by Crippen LogP contribution is -2.35. The minimum atomic E-state index is -4.78. The van der Waals surface area contributed by atoms with E-state index >= 15 is 0 Å². The van der Waals surface area contributed by atoms with E-state index in [0.717, 1.165) is 18.6 Å². The Morgan fingerprint density at radius 3 is 2.67 bits per heavy atom. The number of carbonyl (C=O) groups excluding carboxylic acids is 1. The molecule has 0 saturated carbocycles. The van der Waals surface area contributed by atoms with Crippen molar-refractivity contribution in [3.8, 4) is 5.75 Å². The van der Waals surface area contributed by atoms with Crippen molar-refractivity contribution in [2.24, 2.45) is 11.5 Å². The van der Waals surface area contributed by atoms with Crippen LogP contribution in [-0.2, 0) is 4.79 Å². The summed E-state index contributed by atoms with van der Waals surface area (Å²) in [5, 5.41) is 2.45. The first-order chi connectivity index (χ1) is 9.81. The maximum absolute atomic E-state index is 12.1. The minimum Gasteiger partial charge on any atom is -0.406 e. The highest BCUT2D eigenvalue weighted by Crippen LogP contribution is 2.25. The van der Waals surface area contributed by atoms with Gasteiger partial charge in [-0.2, -0.15) is 0 Å². The second-order valence-electron chi connectivity index (χ2n) is 4.46. The minimum absolute atomic E-state index is 0.191. The number of unbranched alkanes of at least 4 members (excludes halogenated alkanes) is 1. The fourth-order valence-electron chi connectivity index (χ4n) is 1.65. The van der Waals surface area contributed by atoms with Gasteiger partial charge in [-0.25, -0.2) is 0 Å². The van der Waals surface area contributed by atoms with E-state index in [2.05, 4.69) is 10.1 Å². The van der Waals surface area contributed by atoms with Gasteiger partial charge in [0.2, 0.25) is 5.91 Å². The van der Waals surface area contributed by atoms with Crippen molar-refractivity contribution in [2.45, 2.75) is 31.7 Å². The zero-order valence-corrected chi connectivity index (χ0v) is 11.3. The molecule has 0 aliphatic carbocycles. The number of amides is 1. The van der Waals surface area contributed by atoms with Gasteiger partial charge >= 0.3 is 6.36 Å². The smallest absolute Gasteiger partial charge is 0.406 e. The van der Waals surface area contributed by atoms with Crippen LogP contribution in [0.4, 0.5) is 18.9 Å². The number of anilines is 1. The zero-order valence-electron chi connectivity index (χ0n) is 11.3. The van der Waals surface area contributed by atoms with E-state index in [9.17, 15) is 18.0 Å². The van der Waals surface area contributed by atoms with Crippen LogP contribution in [-0.4, -0.2) is 24.9 Å². The lowest BCUT2D eigenvalue weighted by atomic mass is 10.1. The third-order valence-corrected chi connectivity index (χ3v) is 2.64. The molecule has 1 atom stereocenters. The van der Waals surface area contributed by atoms with E-state index < -0.39 is 24.1 Å². The lowest BCUT2D eigenvalue weighted by Gasteiger charge is -2.13. The number of halogens is 3. The standard InChI is InChI=1S/C13H18F3N3O2/c14-13(15,16)21-10-5-3-4-9(8-10)19-12(20)11(18)6-1-2-7-17/h3-5,8,11H,1-2,6-7,17-18H2,(H,19,20)/t11-/m1/s1. The molecule has 0 spiro atoms. The Labute approximate surface area is 120 Å². The molecule has 118 valence electrons. The monoisotopic (exact) mass is 305 g/mol. The highest BCUT2D eigenvalue weighted by Gasteiger charge is 2.31. The van der Waals surface area contributed by atoms with Crippen LogP contribution in [0.2, 0.25) is 0 Å². The van der Waals surface area contributed by atoms with E-state index in [0.29, 0.717) is 19.4 Å². The summed E-state index contributed by atoms with van der Waals surface area (Å²) in [6, 6.07) is 4.29. The molecule has 1 aromatic carbocycles. The van der Waals surface area contributed by atoms with Crippen LogP contribution < -0.4 is 21.5 Å². The summed E-state index contributed by atoms with van der Waals surface area (Å²) < 4.78 is 40.1. The maximum atomic E-state index is 12.1. The van der Waals surface area contributed by atoms with Crippen LogP contribution >= 0.6 is 0 Å². The quantitative estimate of drug-likeness (QED) is 0.672. The Hall–Kier alpha value is -1.80. The molecule has 0 saturated heterocycles. The van der Waals surface area contributed by atoms with E-state index in [1.807, 2.05) is 0 Å². The predicted molar refractivity (Wildman–Crippen MR) is 72.6 cm³/mol. The highest BCUT2D eigenvalue weighted by atomic mass is 19.4. The summed E-state index contributed by atoms with van der Waals surface area (Å²) >= 11 is 0. The van der Waals surface area contributed by atoms with Crippen molar-refractivity contribution in [1.29, 1.82) is 0 Å². The number of hydrogen-bond acceptors (Lipinski definition) is 4. The zero-order chi connectivity index (χ0) is 15.9. The van der Waals surface area contributed by atoms with Gasteiger partial charge < -0.3 is 21.5 Å². The molecule has 0 aromatic heterocycles. The van der Waals surface area contributed by atoms with E-state index in [1.54, 1.807) is 0 Å². The van der Waals surface area contributed by atoms with Gasteiger partial charge in [0.1, 0.15) is 5.75 Å². The summed E-state index contributed by atoms with van der Waals surface area (Å²) in [6.07, 6.45) is -2.85. The highest BCUT2D eigenvalue weighted by molar-refractivity contribution is 5.94. The molecule has 0 radical (unpaired) electrons. The van der Waals surface area contributed by atoms with Gasteiger partial charge in [-0.15, -0.1) is 13.2 Å². The third kappa shape index (κ3) is 6.96. The Balaban J connectivity index is 2.58. The Morgan fingerprint density at radius 1 is 1.33 bits per heavy atom. The molecule has 0 aliphatic heterocycles. The predicted octanol–water partition coefficient (Wildman–Crippen LogP) is 1.98. The number of alkyl halides is 3. The number of ether oxygens (including phenoxy) is 1. The van der Waals surface area contributed by atoms with Crippen molar-refractivity contribution in [1.82, 2.24) is 0 Å². The van der Waals surface area contributed by atoms with Crippen molar-refractivity contribution < 1.29 is 22.7 Å². The average molecular weight is 305 g/mol. The van der Waals surface area contributed by atoms with Gasteiger partial charge in [0.15, 0.2) is 0 Å². The number of rotatable bonds is 7. The van der Waals surface area contributed by atoms with Gasteiger partial charge in [0.05, 0.1) is 6.04 Å². The molecular weight excluding hydrogens is 287 g/mol. The molecule has 5 nitrogen and oxygen atoms in total. The molecule has 21 heavy (non-hydrogen) atoms. The van der Waals surface area contributed by atoms with Crippen LogP contribution in [0.3, 0.4) is 0 Å². The molecule has 0 heterocycles. The summed E-state index contributed by atoms with van der Waals surface area (Å²) in [5.74, 6) is -0.867. The Kier molecular flexibility index (Phi) is 6.44. The van der Waals surface area contributed by atoms with Crippen LogP contribution in [0.25, 0.3) is 0 Å². The molecule has 5 N–H and O–H groups in total. The van der Waals surface area contributed by atoms with Crippen LogP contribution in [0, 0.1) is 0 Å². The van der Waals surface area contributed by atoms with Gasteiger partial charge in [-0.3, -0.25) is 4.79 Å². The summed E-state index contributed by atoms with van der Waals surface area (Å²) in [4.78, 5) is 11.8. The van der Waals surface area contributed by atoms with Crippen LogP contribution in [0.15, 0.2) is 24.3 Å². The molecule has 0 fully saturated rings. The normalized spacial score (nSPS) is 12.8. The van der Waals surface area contributed by atoms with Crippen molar-refractivity contribution in [3.05, 3.63) is 24.3 Å². The fourth-order valence-corrected chi connectivity index (χ4v) is 1.65. The van der Waals surface area contributed by atoms with Crippen molar-refractivity contribution in [3.63, 3.8) is 0 Å². The van der Waals surface area contributed by atoms with Gasteiger partial charge in [-0.05, 0) is 31.5 Å². The summed E-state index contributed by atoms with van der Waals surface area (Å²) in [6.45, 7) is 0.519. The second kappa shape index (κ2) is 7.84. The third-order valence-electron chi connectivity index (χ3n) is 2.64. The van der Waals surface area contributed by atoms with Gasteiger partial charge in [0, 0.05) is 11.8 Å². The number of hydrogen-bond donors (Lipinski definition) is 3. The van der Waals surface area contributed by atoms with Crippen LogP contribution in [0.1, 0.15) is 19.3 Å². The van der Waals surface area contributed by atoms with E-state index in [-0.39, 0.29) is 5.69 Å². The summed E-state index contributed by atoms with van der Waals surface area (Å²) in [7, 11) is 0. The Morgan fingerprint density at radius 2 is 2.05 bits per heavy atom. The first-order valence-electron chi connectivity index (χ1n) is 6.44. The number of nitrogens with two attached hydrogens (primary N) is 2. The average Bonchev–Trinajstić information content (AvgIpc) is 2.37. The maximum Gasteiger partial charge on any atom is 0.573 e. The first-order valence-corrected chi connectivity index (χ1v) is 6.44. The molecular formula is C13H18F3N3O2. The SMILES string of the molecule is NCCCC[C@@H](N)C(=O)Nc1cccc(OC(F)(F)F)c1. The lowest BCUT2D eigenvalue weighted by molar-refractivity contribution is -0.274. The van der Waals surface area contributed by atoms with Gasteiger partial charge in [-0.1, -0.05) is 12.5 Å². The second-order valence-corrected chi connectivity index (χ2v) is 4.46. The van der Waals surface area contributed by atoms with E-state index in [1.165, 1.54) is 12.1 Å². The molecule has 1 rings (SSSR count). The number of benzene rings is 1. The largest absolute Gasteiger partial charge is 0.573 e. The fraction of sp³-hybridized carbons (Fsp3) is 0.462. The topological polar surface area (TPSA) is 90.4 Å². The van der Waals surface area contributed by atoms with E-state index in [4.69, 9.17) is 11.5 Å². The molecule has 0 aliphatic rings. The molecule has 8 heteroatoms. The number of nitrogens with one attached hydrogen (secondary N) is 1. The van der Waals surface area contributed by atoms with Gasteiger partial charge in [0.25, 0.3) is 0 Å². The van der Waals surface area contributed by atoms with Crippen molar-refractivity contribution >= 4 is 11.6 Å². The van der Waals surface area contributed by atoms with Crippen molar-refractivity contribution in [2.75, 3.05) is 11.9 Å². The molecule has 0 bridgehead atoms. The Bertz CT molecular complexity index is 466. The molecule has 1 aromatic rings. The van der Waals surface area contributed by atoms with Crippen LogP contribution in [0.5, 0.6) is 5.75 Å². The first kappa shape index (κ1) is 17.3. The summed E-state index contributed by atoms with van der Waals surface area (Å²) in [5.41, 5.74) is 11.2. The molecule has 0 unspecified atom stereocenters. The molecule has 1 amide bonds. The number of carbonyl (C=O) groups is 1.